The van der Waals surface area contributed by atoms with Crippen LogP contribution in [0.25, 0.3) is 20.8 Å². The van der Waals surface area contributed by atoms with Crippen molar-refractivity contribution in [2.45, 2.75) is 4.90 Å². The van der Waals surface area contributed by atoms with E-state index in [2.05, 4.69) is 11.4 Å². The highest BCUT2D eigenvalue weighted by atomic mass is 32.2. The zero-order valence-electron chi connectivity index (χ0n) is 14.1. The maximum atomic E-state index is 12.6. The first-order valence-corrected chi connectivity index (χ1v) is 10.2. The summed E-state index contributed by atoms with van der Waals surface area (Å²) in [6.45, 7) is 0. The molecule has 0 radical (unpaired) electrons. The molecular formula is C21H16N2OS2. The van der Waals surface area contributed by atoms with Gasteiger partial charge in [-0.2, -0.15) is 0 Å². The Morgan fingerprint density at radius 1 is 1.00 bits per heavy atom. The Morgan fingerprint density at radius 3 is 2.65 bits per heavy atom. The van der Waals surface area contributed by atoms with E-state index in [9.17, 15) is 4.79 Å². The third kappa shape index (κ3) is 3.36. The SMILES string of the molecule is CSc1ccccc1C(=O)Nc1cccc(-c2nc3ccccc3s2)c1. The number of hydrogen-bond acceptors (Lipinski definition) is 4. The first kappa shape index (κ1) is 16.8. The van der Waals surface area contributed by atoms with E-state index in [0.29, 0.717) is 5.56 Å². The molecule has 0 bridgehead atoms. The second-order valence-corrected chi connectivity index (χ2v) is 7.60. The number of rotatable bonds is 4. The molecule has 0 aliphatic heterocycles. The van der Waals surface area contributed by atoms with Crippen molar-refractivity contribution < 1.29 is 4.79 Å². The van der Waals surface area contributed by atoms with Gasteiger partial charge in [0.2, 0.25) is 0 Å². The fourth-order valence-electron chi connectivity index (χ4n) is 2.76. The number of amides is 1. The number of aromatic nitrogens is 1. The lowest BCUT2D eigenvalue weighted by molar-refractivity contribution is 0.102. The van der Waals surface area contributed by atoms with E-state index in [-0.39, 0.29) is 5.91 Å². The summed E-state index contributed by atoms with van der Waals surface area (Å²) in [6, 6.07) is 23.5. The number of carbonyl (C=O) groups is 1. The van der Waals surface area contributed by atoms with Gasteiger partial charge in [-0.05, 0) is 42.7 Å². The van der Waals surface area contributed by atoms with Gasteiger partial charge in [0.25, 0.3) is 5.91 Å². The number of para-hydroxylation sites is 1. The van der Waals surface area contributed by atoms with Gasteiger partial charge in [-0.1, -0.05) is 36.4 Å². The molecule has 1 amide bonds. The van der Waals surface area contributed by atoms with E-state index in [1.165, 1.54) is 0 Å². The standard InChI is InChI=1S/C21H16N2OS2/c1-25-18-11-4-2-9-16(18)20(24)22-15-8-6-7-14(13-15)21-23-17-10-3-5-12-19(17)26-21/h2-13H,1H3,(H,22,24). The summed E-state index contributed by atoms with van der Waals surface area (Å²) in [5.41, 5.74) is 3.45. The van der Waals surface area contributed by atoms with Crippen LogP contribution in [0.5, 0.6) is 0 Å². The summed E-state index contributed by atoms with van der Waals surface area (Å²) >= 11 is 3.22. The van der Waals surface area contributed by atoms with Gasteiger partial charge in [0.1, 0.15) is 5.01 Å². The van der Waals surface area contributed by atoms with Crippen molar-refractivity contribution in [2.75, 3.05) is 11.6 Å². The normalized spacial score (nSPS) is 10.8. The summed E-state index contributed by atoms with van der Waals surface area (Å²) in [5.74, 6) is -0.101. The smallest absolute Gasteiger partial charge is 0.256 e. The fourth-order valence-corrected chi connectivity index (χ4v) is 4.31. The van der Waals surface area contributed by atoms with Crippen molar-refractivity contribution in [2.24, 2.45) is 0 Å². The summed E-state index contributed by atoms with van der Waals surface area (Å²) < 4.78 is 1.16. The van der Waals surface area contributed by atoms with E-state index >= 15 is 0 Å². The van der Waals surface area contributed by atoms with Gasteiger partial charge in [0.05, 0.1) is 15.8 Å². The molecule has 5 heteroatoms. The minimum Gasteiger partial charge on any atom is -0.322 e. The van der Waals surface area contributed by atoms with E-state index in [0.717, 1.165) is 31.4 Å². The zero-order valence-corrected chi connectivity index (χ0v) is 15.7. The lowest BCUT2D eigenvalue weighted by atomic mass is 10.1. The molecule has 3 nitrogen and oxygen atoms in total. The molecule has 3 aromatic carbocycles. The van der Waals surface area contributed by atoms with Crippen LogP contribution in [-0.4, -0.2) is 17.1 Å². The Balaban J connectivity index is 1.62. The number of nitrogens with one attached hydrogen (secondary N) is 1. The molecule has 0 spiro atoms. The fraction of sp³-hybridized carbons (Fsp3) is 0.0476. The molecule has 1 aromatic heterocycles. The Labute approximate surface area is 160 Å². The Bertz CT molecular complexity index is 1060. The van der Waals surface area contributed by atoms with Crippen molar-refractivity contribution in [1.82, 2.24) is 4.98 Å². The number of carbonyl (C=O) groups excluding carboxylic acids is 1. The topological polar surface area (TPSA) is 42.0 Å². The maximum Gasteiger partial charge on any atom is 0.256 e. The largest absolute Gasteiger partial charge is 0.322 e. The molecule has 0 unspecified atom stereocenters. The van der Waals surface area contributed by atoms with Gasteiger partial charge < -0.3 is 5.32 Å². The van der Waals surface area contributed by atoms with Gasteiger partial charge >= 0.3 is 0 Å². The third-order valence-corrected chi connectivity index (χ3v) is 5.89. The van der Waals surface area contributed by atoms with Crippen LogP contribution in [0.2, 0.25) is 0 Å². The highest BCUT2D eigenvalue weighted by molar-refractivity contribution is 7.98. The van der Waals surface area contributed by atoms with Gasteiger partial charge in [0.15, 0.2) is 0 Å². The monoisotopic (exact) mass is 376 g/mol. The van der Waals surface area contributed by atoms with Crippen LogP contribution in [0.3, 0.4) is 0 Å². The van der Waals surface area contributed by atoms with Crippen LogP contribution >= 0.6 is 23.1 Å². The van der Waals surface area contributed by atoms with Crippen molar-refractivity contribution in [3.8, 4) is 10.6 Å². The summed E-state index contributed by atoms with van der Waals surface area (Å²) in [6.07, 6.45) is 1.97. The number of anilines is 1. The molecule has 0 fully saturated rings. The Morgan fingerprint density at radius 2 is 1.81 bits per heavy atom. The molecule has 0 saturated heterocycles. The third-order valence-electron chi connectivity index (χ3n) is 4.01. The quantitative estimate of drug-likeness (QED) is 0.448. The minimum absolute atomic E-state index is 0.101. The van der Waals surface area contributed by atoms with Crippen molar-refractivity contribution in [3.63, 3.8) is 0 Å². The Hall–Kier alpha value is -2.63. The second-order valence-electron chi connectivity index (χ2n) is 5.72. The first-order chi connectivity index (χ1) is 12.7. The molecule has 26 heavy (non-hydrogen) atoms. The highest BCUT2D eigenvalue weighted by Gasteiger charge is 2.12. The lowest BCUT2D eigenvalue weighted by Gasteiger charge is -2.09. The number of fused-ring (bicyclic) bond motifs is 1. The Kier molecular flexibility index (Phi) is 4.73. The summed E-state index contributed by atoms with van der Waals surface area (Å²) in [4.78, 5) is 18.3. The van der Waals surface area contributed by atoms with E-state index in [1.54, 1.807) is 23.1 Å². The van der Waals surface area contributed by atoms with E-state index < -0.39 is 0 Å². The van der Waals surface area contributed by atoms with Gasteiger partial charge in [-0.15, -0.1) is 23.1 Å². The van der Waals surface area contributed by atoms with Gasteiger partial charge in [-0.3, -0.25) is 4.79 Å². The van der Waals surface area contributed by atoms with Crippen LogP contribution in [0.1, 0.15) is 10.4 Å². The average molecular weight is 377 g/mol. The number of nitrogens with zero attached hydrogens (tertiary/aromatic N) is 1. The average Bonchev–Trinajstić information content (AvgIpc) is 3.12. The minimum atomic E-state index is -0.101. The molecule has 128 valence electrons. The van der Waals surface area contributed by atoms with Crippen molar-refractivity contribution in [1.29, 1.82) is 0 Å². The zero-order chi connectivity index (χ0) is 17.9. The van der Waals surface area contributed by atoms with Crippen molar-refractivity contribution >= 4 is 44.9 Å². The van der Waals surface area contributed by atoms with E-state index in [4.69, 9.17) is 4.98 Å². The maximum absolute atomic E-state index is 12.6. The predicted octanol–water partition coefficient (Wildman–Crippen LogP) is 5.94. The molecule has 4 rings (SSSR count). The molecule has 0 aliphatic rings. The molecule has 0 atom stereocenters. The summed E-state index contributed by atoms with van der Waals surface area (Å²) in [5, 5.41) is 3.95. The first-order valence-electron chi connectivity index (χ1n) is 8.15. The number of hydrogen-bond donors (Lipinski definition) is 1. The number of thiazole rings is 1. The molecule has 4 aromatic rings. The van der Waals surface area contributed by atoms with Gasteiger partial charge in [0, 0.05) is 16.1 Å². The lowest BCUT2D eigenvalue weighted by Crippen LogP contribution is -2.12. The number of benzene rings is 3. The highest BCUT2D eigenvalue weighted by Crippen LogP contribution is 2.31. The predicted molar refractivity (Wildman–Crippen MR) is 111 cm³/mol. The molecular weight excluding hydrogens is 360 g/mol. The van der Waals surface area contributed by atoms with Crippen LogP contribution in [0.15, 0.2) is 77.7 Å². The van der Waals surface area contributed by atoms with E-state index in [1.807, 2.05) is 73.0 Å². The van der Waals surface area contributed by atoms with Crippen molar-refractivity contribution in [3.05, 3.63) is 78.4 Å². The van der Waals surface area contributed by atoms with Crippen LogP contribution < -0.4 is 5.32 Å². The van der Waals surface area contributed by atoms with Crippen LogP contribution in [-0.2, 0) is 0 Å². The number of thioether (sulfide) groups is 1. The summed E-state index contributed by atoms with van der Waals surface area (Å²) in [7, 11) is 0. The molecule has 0 aliphatic carbocycles. The second kappa shape index (κ2) is 7.32. The molecule has 1 N–H and O–H groups in total. The molecule has 1 heterocycles. The van der Waals surface area contributed by atoms with Crippen LogP contribution in [0.4, 0.5) is 5.69 Å². The van der Waals surface area contributed by atoms with Gasteiger partial charge in [-0.25, -0.2) is 4.98 Å². The molecule has 0 saturated carbocycles. The van der Waals surface area contributed by atoms with Crippen LogP contribution in [0, 0.1) is 0 Å².